The number of carbonyl (C=O) groups excluding carboxylic acids is 1. The number of hydrogen-bond acceptors (Lipinski definition) is 4. The number of carbonyl (C=O) groups is 1. The van der Waals surface area contributed by atoms with Crippen molar-refractivity contribution in [1.29, 1.82) is 0 Å². The van der Waals surface area contributed by atoms with Crippen LogP contribution in [0.5, 0.6) is 0 Å². The largest absolute Gasteiger partial charge is 0.410 e. The molecule has 1 amide bonds. The molecule has 6 nitrogen and oxygen atoms in total. The summed E-state index contributed by atoms with van der Waals surface area (Å²) in [5.74, 6) is -0.361. The Bertz CT molecular complexity index is 889. The highest BCUT2D eigenvalue weighted by Crippen LogP contribution is 2.44. The fourth-order valence-electron chi connectivity index (χ4n) is 4.04. The number of alkyl halides is 3. The van der Waals surface area contributed by atoms with Crippen LogP contribution in [-0.4, -0.2) is 41.1 Å². The Labute approximate surface area is 172 Å². The maximum absolute atomic E-state index is 13.8. The normalized spacial score (nSPS) is 23.7. The standard InChI is InChI=1S/C21H25F3N4O2/c1-2-13-5-7-14(8-6-13)17-10-18(21(22,23)24)28-19(27-17)16(12-26-28)20(29)25-11-15-4-3-9-30-15/h5-8,12,15,17-18,27H,2-4,9-11H2,1H3,(H,25,29)/t15-,17-,18+/m0/s1. The van der Waals surface area contributed by atoms with E-state index in [1.54, 1.807) is 0 Å². The zero-order chi connectivity index (χ0) is 21.3. The van der Waals surface area contributed by atoms with Crippen molar-refractivity contribution in [2.24, 2.45) is 0 Å². The first-order valence-corrected chi connectivity index (χ1v) is 10.3. The van der Waals surface area contributed by atoms with E-state index in [4.69, 9.17) is 4.74 Å². The van der Waals surface area contributed by atoms with Crippen LogP contribution in [0.2, 0.25) is 0 Å². The van der Waals surface area contributed by atoms with E-state index in [1.807, 2.05) is 31.2 Å². The van der Waals surface area contributed by atoms with Gasteiger partial charge >= 0.3 is 6.18 Å². The van der Waals surface area contributed by atoms with Crippen LogP contribution in [0.4, 0.5) is 19.0 Å². The van der Waals surface area contributed by atoms with Gasteiger partial charge in [0.1, 0.15) is 11.4 Å². The van der Waals surface area contributed by atoms with Crippen LogP contribution in [0.3, 0.4) is 0 Å². The second-order valence-electron chi connectivity index (χ2n) is 7.78. The molecule has 162 valence electrons. The molecule has 9 heteroatoms. The molecule has 3 atom stereocenters. The van der Waals surface area contributed by atoms with E-state index in [9.17, 15) is 18.0 Å². The van der Waals surface area contributed by atoms with Gasteiger partial charge in [0.25, 0.3) is 5.91 Å². The maximum Gasteiger partial charge on any atom is 0.410 e. The van der Waals surface area contributed by atoms with Gasteiger partial charge < -0.3 is 15.4 Å². The number of ether oxygens (including phenoxy) is 1. The van der Waals surface area contributed by atoms with E-state index in [1.165, 1.54) is 6.20 Å². The highest BCUT2D eigenvalue weighted by atomic mass is 19.4. The molecule has 0 aliphatic carbocycles. The number of hydrogen-bond donors (Lipinski definition) is 2. The number of amides is 1. The lowest BCUT2D eigenvalue weighted by Crippen LogP contribution is -2.37. The van der Waals surface area contributed by atoms with Gasteiger partial charge in [0.2, 0.25) is 0 Å². The number of halogens is 3. The van der Waals surface area contributed by atoms with Crippen LogP contribution in [0.15, 0.2) is 30.5 Å². The van der Waals surface area contributed by atoms with Gasteiger partial charge in [-0.1, -0.05) is 31.2 Å². The third-order valence-corrected chi connectivity index (χ3v) is 5.79. The van der Waals surface area contributed by atoms with Crippen LogP contribution in [0.25, 0.3) is 0 Å². The summed E-state index contributed by atoms with van der Waals surface area (Å²) in [4.78, 5) is 12.7. The summed E-state index contributed by atoms with van der Waals surface area (Å²) < 4.78 is 47.7. The molecule has 2 aliphatic heterocycles. The summed E-state index contributed by atoms with van der Waals surface area (Å²) >= 11 is 0. The molecule has 2 aliphatic rings. The van der Waals surface area contributed by atoms with Gasteiger partial charge in [-0.2, -0.15) is 18.3 Å². The Balaban J connectivity index is 1.59. The van der Waals surface area contributed by atoms with Gasteiger partial charge in [-0.3, -0.25) is 4.79 Å². The average Bonchev–Trinajstić information content (AvgIpc) is 3.40. The Hall–Kier alpha value is -2.55. The number of aryl methyl sites for hydroxylation is 1. The molecular weight excluding hydrogens is 397 g/mol. The molecule has 30 heavy (non-hydrogen) atoms. The molecule has 1 fully saturated rings. The first kappa shape index (κ1) is 20.7. The van der Waals surface area contributed by atoms with Gasteiger partial charge in [-0.05, 0) is 30.4 Å². The molecule has 0 unspecified atom stereocenters. The van der Waals surface area contributed by atoms with Gasteiger partial charge in [-0.15, -0.1) is 0 Å². The number of rotatable bonds is 5. The quantitative estimate of drug-likeness (QED) is 0.764. The van der Waals surface area contributed by atoms with E-state index in [2.05, 4.69) is 15.7 Å². The van der Waals surface area contributed by atoms with E-state index < -0.39 is 24.2 Å². The summed E-state index contributed by atoms with van der Waals surface area (Å²) in [7, 11) is 0. The van der Waals surface area contributed by atoms with E-state index in [0.29, 0.717) is 13.2 Å². The van der Waals surface area contributed by atoms with Crippen molar-refractivity contribution in [2.45, 2.75) is 57.0 Å². The minimum atomic E-state index is -4.48. The molecule has 0 saturated carbocycles. The third kappa shape index (κ3) is 4.16. The molecule has 1 saturated heterocycles. The molecule has 1 aromatic heterocycles. The Morgan fingerprint density at radius 3 is 2.73 bits per heavy atom. The van der Waals surface area contributed by atoms with Crippen LogP contribution in [-0.2, 0) is 11.2 Å². The zero-order valence-electron chi connectivity index (χ0n) is 16.7. The molecule has 0 bridgehead atoms. The van der Waals surface area contributed by atoms with Gasteiger partial charge in [0, 0.05) is 19.6 Å². The van der Waals surface area contributed by atoms with Crippen molar-refractivity contribution >= 4 is 11.7 Å². The predicted molar refractivity (Wildman–Crippen MR) is 105 cm³/mol. The fourth-order valence-corrected chi connectivity index (χ4v) is 4.04. The van der Waals surface area contributed by atoms with Crippen LogP contribution < -0.4 is 10.6 Å². The van der Waals surface area contributed by atoms with Gasteiger partial charge in [-0.25, -0.2) is 4.68 Å². The lowest BCUT2D eigenvalue weighted by atomic mass is 9.95. The van der Waals surface area contributed by atoms with Crippen LogP contribution in [0.1, 0.15) is 59.8 Å². The molecule has 0 radical (unpaired) electrons. The van der Waals surface area contributed by atoms with Crippen LogP contribution >= 0.6 is 0 Å². The highest BCUT2D eigenvalue weighted by Gasteiger charge is 2.47. The van der Waals surface area contributed by atoms with Gasteiger partial charge in [0.05, 0.1) is 18.3 Å². The van der Waals surface area contributed by atoms with Gasteiger partial charge in [0.15, 0.2) is 6.04 Å². The summed E-state index contributed by atoms with van der Waals surface area (Å²) in [6.45, 7) is 3.01. The number of benzene rings is 1. The van der Waals surface area contributed by atoms with Crippen molar-refractivity contribution in [1.82, 2.24) is 15.1 Å². The zero-order valence-corrected chi connectivity index (χ0v) is 16.7. The molecule has 2 N–H and O–H groups in total. The highest BCUT2D eigenvalue weighted by molar-refractivity contribution is 5.98. The van der Waals surface area contributed by atoms with Crippen molar-refractivity contribution in [3.63, 3.8) is 0 Å². The number of anilines is 1. The van der Waals surface area contributed by atoms with E-state index in [0.717, 1.165) is 35.1 Å². The predicted octanol–water partition coefficient (Wildman–Crippen LogP) is 4.01. The first-order chi connectivity index (χ1) is 14.4. The summed E-state index contributed by atoms with van der Waals surface area (Å²) in [5, 5.41) is 9.78. The topological polar surface area (TPSA) is 68.2 Å². The van der Waals surface area contributed by atoms with Crippen molar-refractivity contribution in [3.8, 4) is 0 Å². The summed E-state index contributed by atoms with van der Waals surface area (Å²) in [6, 6.07) is 5.14. The minimum Gasteiger partial charge on any atom is -0.376 e. The lowest BCUT2D eigenvalue weighted by molar-refractivity contribution is -0.173. The molecular formula is C21H25F3N4O2. The van der Waals surface area contributed by atoms with Crippen LogP contribution in [0, 0.1) is 0 Å². The first-order valence-electron chi connectivity index (χ1n) is 10.3. The number of aromatic nitrogens is 2. The van der Waals surface area contributed by atoms with E-state index in [-0.39, 0.29) is 23.9 Å². The fraction of sp³-hybridized carbons (Fsp3) is 0.524. The van der Waals surface area contributed by atoms with Crippen molar-refractivity contribution < 1.29 is 22.7 Å². The SMILES string of the molecule is CCc1ccc([C@@H]2C[C@H](C(F)(F)F)n3ncc(C(=O)NC[C@@H]4CCCO4)c3N2)cc1. The maximum atomic E-state index is 13.8. The average molecular weight is 422 g/mol. The molecule has 3 heterocycles. The Morgan fingerprint density at radius 2 is 2.10 bits per heavy atom. The smallest absolute Gasteiger partial charge is 0.376 e. The number of fused-ring (bicyclic) bond motifs is 1. The Morgan fingerprint density at radius 1 is 1.33 bits per heavy atom. The third-order valence-electron chi connectivity index (χ3n) is 5.79. The Kier molecular flexibility index (Phi) is 5.73. The second-order valence-corrected chi connectivity index (χ2v) is 7.78. The minimum absolute atomic E-state index is 0.0546. The molecule has 1 aromatic carbocycles. The number of nitrogens with one attached hydrogen (secondary N) is 2. The van der Waals surface area contributed by atoms with Crippen molar-refractivity contribution in [3.05, 3.63) is 47.2 Å². The monoisotopic (exact) mass is 422 g/mol. The molecule has 4 rings (SSSR count). The molecule has 0 spiro atoms. The summed E-state index contributed by atoms with van der Waals surface area (Å²) in [5.41, 5.74) is 1.97. The lowest BCUT2D eigenvalue weighted by Gasteiger charge is -2.34. The van der Waals surface area contributed by atoms with Crippen molar-refractivity contribution in [2.75, 3.05) is 18.5 Å². The summed E-state index contributed by atoms with van der Waals surface area (Å²) in [6.07, 6.45) is -0.870. The van der Waals surface area contributed by atoms with E-state index >= 15 is 0 Å². The number of nitrogens with zero attached hydrogens (tertiary/aromatic N) is 2. The molecule has 2 aromatic rings. The second kappa shape index (κ2) is 8.29.